The molecular formula is C14H20FNS. The molecule has 0 bridgehead atoms. The standard InChI is InChI=1S/C14H20FNS/c1-17-13-9-11(3-4-12(13)15)5-8-14(10-16)6-2-7-14/h3-4,9H,2,5-8,10,16H2,1H3. The highest BCUT2D eigenvalue weighted by atomic mass is 32.2. The van der Waals surface area contributed by atoms with Crippen LogP contribution in [0.1, 0.15) is 31.2 Å². The van der Waals surface area contributed by atoms with Crippen LogP contribution in [0.3, 0.4) is 0 Å². The van der Waals surface area contributed by atoms with Gasteiger partial charge in [-0.15, -0.1) is 11.8 Å². The maximum atomic E-state index is 13.3. The van der Waals surface area contributed by atoms with E-state index in [4.69, 9.17) is 5.73 Å². The first-order chi connectivity index (χ1) is 8.19. The van der Waals surface area contributed by atoms with Crippen LogP contribution in [0, 0.1) is 11.2 Å². The average Bonchev–Trinajstić information content (AvgIpc) is 2.30. The van der Waals surface area contributed by atoms with Gasteiger partial charge in [-0.2, -0.15) is 0 Å². The van der Waals surface area contributed by atoms with Crippen molar-refractivity contribution in [2.45, 2.75) is 37.0 Å². The summed E-state index contributed by atoms with van der Waals surface area (Å²) in [5.74, 6) is -0.113. The lowest BCUT2D eigenvalue weighted by Gasteiger charge is -2.41. The highest BCUT2D eigenvalue weighted by Gasteiger charge is 2.34. The fraction of sp³-hybridized carbons (Fsp3) is 0.571. The van der Waals surface area contributed by atoms with Crippen LogP contribution < -0.4 is 5.73 Å². The van der Waals surface area contributed by atoms with Crippen molar-refractivity contribution in [1.29, 1.82) is 0 Å². The molecule has 0 heterocycles. The summed E-state index contributed by atoms with van der Waals surface area (Å²) >= 11 is 1.47. The lowest BCUT2D eigenvalue weighted by Crippen LogP contribution is -2.37. The van der Waals surface area contributed by atoms with E-state index in [0.717, 1.165) is 24.3 Å². The fourth-order valence-corrected chi connectivity index (χ4v) is 3.03. The molecule has 0 atom stereocenters. The van der Waals surface area contributed by atoms with Crippen molar-refractivity contribution in [2.75, 3.05) is 12.8 Å². The third-order valence-electron chi connectivity index (χ3n) is 4.01. The first kappa shape index (κ1) is 12.9. The molecule has 0 aromatic heterocycles. The molecule has 0 spiro atoms. The number of benzene rings is 1. The second kappa shape index (κ2) is 5.40. The van der Waals surface area contributed by atoms with E-state index in [1.807, 2.05) is 18.4 Å². The number of rotatable bonds is 5. The maximum absolute atomic E-state index is 13.3. The quantitative estimate of drug-likeness (QED) is 0.811. The van der Waals surface area contributed by atoms with Gasteiger partial charge in [-0.25, -0.2) is 4.39 Å². The summed E-state index contributed by atoms with van der Waals surface area (Å²) in [7, 11) is 0. The Morgan fingerprint density at radius 2 is 2.18 bits per heavy atom. The van der Waals surface area contributed by atoms with Crippen LogP contribution in [0.5, 0.6) is 0 Å². The Bertz CT molecular complexity index is 382. The number of aryl methyl sites for hydroxylation is 1. The third-order valence-corrected chi connectivity index (χ3v) is 4.76. The van der Waals surface area contributed by atoms with E-state index in [9.17, 15) is 4.39 Å². The van der Waals surface area contributed by atoms with Gasteiger partial charge in [-0.3, -0.25) is 0 Å². The Morgan fingerprint density at radius 1 is 1.41 bits per heavy atom. The summed E-state index contributed by atoms with van der Waals surface area (Å²) in [5.41, 5.74) is 7.46. The van der Waals surface area contributed by atoms with Crippen LogP contribution in [-0.2, 0) is 6.42 Å². The van der Waals surface area contributed by atoms with Crippen LogP contribution >= 0.6 is 11.8 Å². The Kier molecular flexibility index (Phi) is 4.10. The molecule has 0 aliphatic heterocycles. The number of halogens is 1. The van der Waals surface area contributed by atoms with Crippen LogP contribution in [0.25, 0.3) is 0 Å². The molecular weight excluding hydrogens is 233 g/mol. The predicted octanol–water partition coefficient (Wildman–Crippen LogP) is 3.61. The van der Waals surface area contributed by atoms with Gasteiger partial charge in [0.1, 0.15) is 5.82 Å². The largest absolute Gasteiger partial charge is 0.330 e. The van der Waals surface area contributed by atoms with E-state index in [2.05, 4.69) is 0 Å². The van der Waals surface area contributed by atoms with Gasteiger partial charge < -0.3 is 5.73 Å². The van der Waals surface area contributed by atoms with Gasteiger partial charge in [0.05, 0.1) is 0 Å². The summed E-state index contributed by atoms with van der Waals surface area (Å²) in [6.07, 6.45) is 7.92. The summed E-state index contributed by atoms with van der Waals surface area (Å²) in [4.78, 5) is 0.748. The van der Waals surface area contributed by atoms with Crippen molar-refractivity contribution in [3.05, 3.63) is 29.6 Å². The molecule has 17 heavy (non-hydrogen) atoms. The van der Waals surface area contributed by atoms with E-state index in [1.54, 1.807) is 6.07 Å². The smallest absolute Gasteiger partial charge is 0.136 e. The minimum absolute atomic E-state index is 0.113. The Morgan fingerprint density at radius 3 is 2.71 bits per heavy atom. The minimum Gasteiger partial charge on any atom is -0.330 e. The van der Waals surface area contributed by atoms with E-state index < -0.39 is 0 Å². The molecule has 3 heteroatoms. The zero-order chi connectivity index (χ0) is 12.3. The van der Waals surface area contributed by atoms with E-state index in [0.29, 0.717) is 5.41 Å². The van der Waals surface area contributed by atoms with Gasteiger partial charge >= 0.3 is 0 Å². The Labute approximate surface area is 107 Å². The molecule has 1 aliphatic rings. The first-order valence-corrected chi connectivity index (χ1v) is 7.44. The van der Waals surface area contributed by atoms with Crippen molar-refractivity contribution in [1.82, 2.24) is 0 Å². The summed E-state index contributed by atoms with van der Waals surface area (Å²) < 4.78 is 13.3. The van der Waals surface area contributed by atoms with Crippen LogP contribution in [-0.4, -0.2) is 12.8 Å². The molecule has 0 unspecified atom stereocenters. The first-order valence-electron chi connectivity index (χ1n) is 6.22. The molecule has 1 nitrogen and oxygen atoms in total. The lowest BCUT2D eigenvalue weighted by molar-refractivity contribution is 0.131. The Balaban J connectivity index is 1.99. The highest BCUT2D eigenvalue weighted by molar-refractivity contribution is 7.98. The third kappa shape index (κ3) is 2.83. The molecule has 0 amide bonds. The van der Waals surface area contributed by atoms with Gasteiger partial charge in [-0.1, -0.05) is 12.5 Å². The lowest BCUT2D eigenvalue weighted by atomic mass is 9.66. The molecule has 0 radical (unpaired) electrons. The molecule has 1 saturated carbocycles. The van der Waals surface area contributed by atoms with Crippen molar-refractivity contribution in [3.8, 4) is 0 Å². The van der Waals surface area contributed by atoms with Gasteiger partial charge in [-0.05, 0) is 61.6 Å². The van der Waals surface area contributed by atoms with Crippen molar-refractivity contribution in [3.63, 3.8) is 0 Å². The second-order valence-electron chi connectivity index (χ2n) is 5.03. The molecule has 1 aliphatic carbocycles. The number of nitrogens with two attached hydrogens (primary N) is 1. The topological polar surface area (TPSA) is 26.0 Å². The molecule has 2 N–H and O–H groups in total. The SMILES string of the molecule is CSc1cc(CCC2(CN)CCC2)ccc1F. The summed E-state index contributed by atoms with van der Waals surface area (Å²) in [6, 6.07) is 5.46. The average molecular weight is 253 g/mol. The van der Waals surface area contributed by atoms with Crippen LogP contribution in [0.4, 0.5) is 4.39 Å². The molecule has 1 aromatic carbocycles. The van der Waals surface area contributed by atoms with Gasteiger partial charge in [0, 0.05) is 4.90 Å². The monoisotopic (exact) mass is 253 g/mol. The van der Waals surface area contributed by atoms with Gasteiger partial charge in [0.2, 0.25) is 0 Å². The van der Waals surface area contributed by atoms with E-state index >= 15 is 0 Å². The van der Waals surface area contributed by atoms with Crippen LogP contribution in [0.2, 0.25) is 0 Å². The maximum Gasteiger partial charge on any atom is 0.136 e. The molecule has 94 valence electrons. The van der Waals surface area contributed by atoms with Gasteiger partial charge in [0.15, 0.2) is 0 Å². The van der Waals surface area contributed by atoms with Gasteiger partial charge in [0.25, 0.3) is 0 Å². The second-order valence-corrected chi connectivity index (χ2v) is 5.87. The van der Waals surface area contributed by atoms with Crippen molar-refractivity contribution in [2.24, 2.45) is 11.1 Å². The zero-order valence-corrected chi connectivity index (χ0v) is 11.2. The number of hydrogen-bond donors (Lipinski definition) is 1. The normalized spacial score (nSPS) is 17.8. The number of thioether (sulfide) groups is 1. The van der Waals surface area contributed by atoms with Crippen molar-refractivity contribution < 1.29 is 4.39 Å². The highest BCUT2D eigenvalue weighted by Crippen LogP contribution is 2.43. The van der Waals surface area contributed by atoms with Crippen molar-refractivity contribution >= 4 is 11.8 Å². The number of hydrogen-bond acceptors (Lipinski definition) is 2. The molecule has 1 fully saturated rings. The van der Waals surface area contributed by atoms with E-state index in [1.165, 1.54) is 36.6 Å². The molecule has 1 aromatic rings. The summed E-state index contributed by atoms with van der Waals surface area (Å²) in [6.45, 7) is 0.795. The molecule has 0 saturated heterocycles. The van der Waals surface area contributed by atoms with Crippen LogP contribution in [0.15, 0.2) is 23.1 Å². The summed E-state index contributed by atoms with van der Waals surface area (Å²) in [5, 5.41) is 0. The predicted molar refractivity (Wildman–Crippen MR) is 71.8 cm³/mol. The molecule has 2 rings (SSSR count). The Hall–Kier alpha value is -0.540. The minimum atomic E-state index is -0.113. The fourth-order valence-electron chi connectivity index (χ4n) is 2.50. The zero-order valence-electron chi connectivity index (χ0n) is 10.3. The van der Waals surface area contributed by atoms with E-state index in [-0.39, 0.29) is 5.82 Å².